The van der Waals surface area contributed by atoms with Gasteiger partial charge in [-0.15, -0.1) is 0 Å². The molecule has 0 aliphatic heterocycles. The first-order valence-corrected chi connectivity index (χ1v) is 8.00. The molecule has 0 aliphatic carbocycles. The summed E-state index contributed by atoms with van der Waals surface area (Å²) in [5.41, 5.74) is 5.62. The van der Waals surface area contributed by atoms with Crippen LogP contribution in [0.25, 0.3) is 0 Å². The molecule has 0 saturated heterocycles. The Hall–Kier alpha value is -0.940. The van der Waals surface area contributed by atoms with E-state index in [1.807, 2.05) is 6.92 Å². The summed E-state index contributed by atoms with van der Waals surface area (Å²) in [4.78, 5) is 4.62. The second-order valence-corrected chi connectivity index (χ2v) is 6.79. The molecule has 122 valence electrons. The second-order valence-electron chi connectivity index (χ2n) is 6.79. The molecule has 0 aliphatic rings. The molecule has 1 aromatic heterocycles. The van der Waals surface area contributed by atoms with Crippen molar-refractivity contribution in [2.24, 2.45) is 11.1 Å². The first-order chi connectivity index (χ1) is 9.81. The number of nitrogens with zero attached hydrogens (tertiary/aromatic N) is 2. The van der Waals surface area contributed by atoms with Gasteiger partial charge in [0.25, 0.3) is 0 Å². The van der Waals surface area contributed by atoms with E-state index in [9.17, 15) is 0 Å². The topological polar surface area (TPSA) is 74.2 Å². The van der Waals surface area contributed by atoms with E-state index in [-0.39, 0.29) is 11.3 Å². The van der Waals surface area contributed by atoms with Crippen LogP contribution >= 0.6 is 0 Å². The Labute approximate surface area is 128 Å². The molecule has 2 N–H and O–H groups in total. The van der Waals surface area contributed by atoms with Crippen LogP contribution in [-0.4, -0.2) is 23.3 Å². The fraction of sp³-hybridized carbons (Fsp3) is 0.875. The third-order valence-corrected chi connectivity index (χ3v) is 3.90. The number of hydrogen-bond acceptors (Lipinski definition) is 5. The van der Waals surface area contributed by atoms with Gasteiger partial charge < -0.3 is 15.0 Å². The summed E-state index contributed by atoms with van der Waals surface area (Å²) in [6.07, 6.45) is 2.57. The quantitative estimate of drug-likeness (QED) is 0.793. The van der Waals surface area contributed by atoms with Crippen LogP contribution in [-0.2, 0) is 10.3 Å². The number of aromatic nitrogens is 2. The minimum Gasteiger partial charge on any atom is -0.367 e. The van der Waals surface area contributed by atoms with Crippen molar-refractivity contribution in [3.8, 4) is 0 Å². The van der Waals surface area contributed by atoms with Gasteiger partial charge in [0, 0.05) is 13.2 Å². The zero-order valence-corrected chi connectivity index (χ0v) is 14.4. The SMILES string of the molecule is CCOC(CC)(CC)c1noc(C(CN)CC(C)(C)C)n1. The van der Waals surface area contributed by atoms with Crippen LogP contribution in [0.2, 0.25) is 0 Å². The Bertz CT molecular complexity index is 419. The Balaban J connectivity index is 3.02. The molecule has 1 aromatic rings. The summed E-state index contributed by atoms with van der Waals surface area (Å²) in [6.45, 7) is 13.9. The molecule has 0 aromatic carbocycles. The first-order valence-electron chi connectivity index (χ1n) is 8.00. The van der Waals surface area contributed by atoms with Crippen molar-refractivity contribution in [3.63, 3.8) is 0 Å². The molecule has 5 nitrogen and oxygen atoms in total. The highest BCUT2D eigenvalue weighted by atomic mass is 16.5. The van der Waals surface area contributed by atoms with Crippen molar-refractivity contribution in [2.75, 3.05) is 13.2 Å². The predicted octanol–water partition coefficient (Wildman–Crippen LogP) is 3.60. The van der Waals surface area contributed by atoms with Gasteiger partial charge in [0.05, 0.1) is 5.92 Å². The van der Waals surface area contributed by atoms with Crippen LogP contribution in [0.15, 0.2) is 4.52 Å². The summed E-state index contributed by atoms with van der Waals surface area (Å²) in [6, 6.07) is 0. The fourth-order valence-corrected chi connectivity index (χ4v) is 2.71. The van der Waals surface area contributed by atoms with Gasteiger partial charge in [-0.05, 0) is 31.6 Å². The minimum atomic E-state index is -0.447. The van der Waals surface area contributed by atoms with E-state index in [2.05, 4.69) is 44.8 Å². The number of nitrogens with two attached hydrogens (primary N) is 1. The normalized spacial score (nSPS) is 14.4. The van der Waals surface area contributed by atoms with Gasteiger partial charge >= 0.3 is 0 Å². The van der Waals surface area contributed by atoms with E-state index in [4.69, 9.17) is 15.0 Å². The highest BCUT2D eigenvalue weighted by Gasteiger charge is 2.35. The van der Waals surface area contributed by atoms with Crippen molar-refractivity contribution < 1.29 is 9.26 Å². The Morgan fingerprint density at radius 3 is 2.24 bits per heavy atom. The molecule has 21 heavy (non-hydrogen) atoms. The molecule has 0 fully saturated rings. The standard InChI is InChI=1S/C16H31N3O2/c1-7-16(8-2,20-9-3)14-18-13(21-19-14)12(11-17)10-15(4,5)6/h12H,7-11,17H2,1-6H3. The van der Waals surface area contributed by atoms with Gasteiger partial charge in [0.1, 0.15) is 5.60 Å². The van der Waals surface area contributed by atoms with E-state index in [0.29, 0.717) is 24.9 Å². The number of hydrogen-bond donors (Lipinski definition) is 1. The monoisotopic (exact) mass is 297 g/mol. The summed E-state index contributed by atoms with van der Waals surface area (Å²) in [7, 11) is 0. The van der Waals surface area contributed by atoms with Gasteiger partial charge in [0.2, 0.25) is 11.7 Å². The number of ether oxygens (including phenoxy) is 1. The highest BCUT2D eigenvalue weighted by molar-refractivity contribution is 5.04. The zero-order valence-electron chi connectivity index (χ0n) is 14.4. The van der Waals surface area contributed by atoms with E-state index >= 15 is 0 Å². The van der Waals surface area contributed by atoms with Crippen molar-refractivity contribution in [1.82, 2.24) is 10.1 Å². The van der Waals surface area contributed by atoms with Crippen LogP contribution in [0.3, 0.4) is 0 Å². The summed E-state index contributed by atoms with van der Waals surface area (Å²) >= 11 is 0. The molecule has 0 radical (unpaired) electrons. The fourth-order valence-electron chi connectivity index (χ4n) is 2.71. The molecular formula is C16H31N3O2. The van der Waals surface area contributed by atoms with Gasteiger partial charge in [0.15, 0.2) is 0 Å². The maximum Gasteiger partial charge on any atom is 0.231 e. The average molecular weight is 297 g/mol. The van der Waals surface area contributed by atoms with Crippen molar-refractivity contribution >= 4 is 0 Å². The van der Waals surface area contributed by atoms with Gasteiger partial charge in [-0.3, -0.25) is 0 Å². The summed E-state index contributed by atoms with van der Waals surface area (Å²) in [5.74, 6) is 1.38. The first kappa shape index (κ1) is 18.1. The van der Waals surface area contributed by atoms with Crippen LogP contribution in [0.1, 0.15) is 78.4 Å². The zero-order chi connectivity index (χ0) is 16.1. The molecule has 0 spiro atoms. The summed E-state index contributed by atoms with van der Waals surface area (Å²) in [5, 5.41) is 4.18. The summed E-state index contributed by atoms with van der Waals surface area (Å²) < 4.78 is 11.4. The lowest BCUT2D eigenvalue weighted by Crippen LogP contribution is -2.30. The van der Waals surface area contributed by atoms with Gasteiger partial charge in [-0.1, -0.05) is 39.8 Å². The van der Waals surface area contributed by atoms with Crippen LogP contribution < -0.4 is 5.73 Å². The van der Waals surface area contributed by atoms with E-state index in [1.165, 1.54) is 0 Å². The molecule has 0 saturated carbocycles. The Morgan fingerprint density at radius 2 is 1.81 bits per heavy atom. The minimum absolute atomic E-state index is 0.0966. The maximum absolute atomic E-state index is 5.93. The lowest BCUT2D eigenvalue weighted by molar-refractivity contribution is -0.0583. The van der Waals surface area contributed by atoms with Crippen LogP contribution in [0, 0.1) is 5.41 Å². The van der Waals surface area contributed by atoms with Crippen molar-refractivity contribution in [2.45, 2.75) is 72.3 Å². The van der Waals surface area contributed by atoms with E-state index < -0.39 is 5.60 Å². The number of rotatable bonds is 8. The largest absolute Gasteiger partial charge is 0.367 e. The highest BCUT2D eigenvalue weighted by Crippen LogP contribution is 2.34. The van der Waals surface area contributed by atoms with Gasteiger partial charge in [-0.25, -0.2) is 0 Å². The molecule has 1 rings (SSSR count). The van der Waals surface area contributed by atoms with E-state index in [0.717, 1.165) is 19.3 Å². The average Bonchev–Trinajstić information content (AvgIpc) is 2.91. The molecule has 5 heteroatoms. The van der Waals surface area contributed by atoms with Gasteiger partial charge in [-0.2, -0.15) is 4.98 Å². The van der Waals surface area contributed by atoms with Crippen LogP contribution in [0.4, 0.5) is 0 Å². The molecular weight excluding hydrogens is 266 g/mol. The smallest absolute Gasteiger partial charge is 0.231 e. The second kappa shape index (κ2) is 7.36. The molecule has 1 unspecified atom stereocenters. The third kappa shape index (κ3) is 4.51. The molecule has 1 heterocycles. The van der Waals surface area contributed by atoms with Crippen molar-refractivity contribution in [1.29, 1.82) is 0 Å². The molecule has 0 bridgehead atoms. The lowest BCUT2D eigenvalue weighted by atomic mass is 9.84. The Kier molecular flexibility index (Phi) is 6.35. The Morgan fingerprint density at radius 1 is 1.19 bits per heavy atom. The van der Waals surface area contributed by atoms with E-state index in [1.54, 1.807) is 0 Å². The molecule has 1 atom stereocenters. The third-order valence-electron chi connectivity index (χ3n) is 3.90. The maximum atomic E-state index is 5.93. The lowest BCUT2D eigenvalue weighted by Gasteiger charge is -2.27. The predicted molar refractivity (Wildman–Crippen MR) is 84.1 cm³/mol. The molecule has 0 amide bonds. The van der Waals surface area contributed by atoms with Crippen LogP contribution in [0.5, 0.6) is 0 Å². The van der Waals surface area contributed by atoms with Crippen molar-refractivity contribution in [3.05, 3.63) is 11.7 Å².